The first kappa shape index (κ1) is 29.7. The summed E-state index contributed by atoms with van der Waals surface area (Å²) < 4.78 is 58.9. The van der Waals surface area contributed by atoms with Crippen molar-refractivity contribution >= 4 is 17.4 Å². The molecule has 0 N–H and O–H groups in total. The van der Waals surface area contributed by atoms with E-state index in [-0.39, 0.29) is 41.6 Å². The van der Waals surface area contributed by atoms with Crippen molar-refractivity contribution in [1.82, 2.24) is 25.1 Å². The minimum absolute atomic E-state index is 0.0726. The molecule has 6 rings (SSSR count). The Hall–Kier alpha value is -4.39. The molecule has 0 radical (unpaired) electrons. The number of nitrogens with zero attached hydrogens (tertiary/aromatic N) is 5. The monoisotopic (exact) mass is 623 g/mol. The highest BCUT2D eigenvalue weighted by Gasteiger charge is 2.33. The van der Waals surface area contributed by atoms with Crippen LogP contribution in [0.5, 0.6) is 0 Å². The quantitative estimate of drug-likeness (QED) is 0.162. The first-order valence-electron chi connectivity index (χ1n) is 13.8. The van der Waals surface area contributed by atoms with Crippen LogP contribution < -0.4 is 0 Å². The maximum Gasteiger partial charge on any atom is 0.416 e. The van der Waals surface area contributed by atoms with Crippen molar-refractivity contribution in [2.24, 2.45) is 0 Å². The summed E-state index contributed by atoms with van der Waals surface area (Å²) in [6.45, 7) is 0.397. The molecule has 5 aromatic rings. The maximum absolute atomic E-state index is 14.4. The van der Waals surface area contributed by atoms with Crippen molar-refractivity contribution in [1.29, 1.82) is 0 Å². The summed E-state index contributed by atoms with van der Waals surface area (Å²) in [6, 6.07) is 15.1. The molecule has 13 heteroatoms. The van der Waals surface area contributed by atoms with E-state index in [9.17, 15) is 18.0 Å². The number of halogens is 4. The highest BCUT2D eigenvalue weighted by atomic mass is 35.5. The van der Waals surface area contributed by atoms with E-state index < -0.39 is 23.8 Å². The number of carbonyl (C=O) groups excluding carboxylic acids is 1. The average Bonchev–Trinajstić information content (AvgIpc) is 3.65. The molecular formula is C31H25ClF3N5O4. The van der Waals surface area contributed by atoms with E-state index in [2.05, 4.69) is 20.5 Å². The van der Waals surface area contributed by atoms with E-state index in [1.54, 1.807) is 48.7 Å². The van der Waals surface area contributed by atoms with E-state index in [1.165, 1.54) is 16.9 Å². The molecule has 0 bridgehead atoms. The Labute approximate surface area is 254 Å². The lowest BCUT2D eigenvalue weighted by Crippen LogP contribution is -2.22. The van der Waals surface area contributed by atoms with Crippen molar-refractivity contribution in [2.45, 2.75) is 44.9 Å². The SMILES string of the molecule is O=C(c1nnn(Cc2cccc(C(F)(F)F)c2)c1-c1cccnc1)c1c(COC2CCCCO2)noc1-c1ccccc1Cl. The molecule has 2 aromatic carbocycles. The molecule has 3 aromatic heterocycles. The minimum atomic E-state index is -4.52. The number of carbonyl (C=O) groups is 1. The average molecular weight is 624 g/mol. The van der Waals surface area contributed by atoms with Gasteiger partial charge in [0, 0.05) is 30.1 Å². The number of rotatable bonds is 9. The number of ether oxygens (including phenoxy) is 2. The fourth-order valence-corrected chi connectivity index (χ4v) is 5.22. The summed E-state index contributed by atoms with van der Waals surface area (Å²) in [7, 11) is 0. The summed E-state index contributed by atoms with van der Waals surface area (Å²) in [5.41, 5.74) is 0.910. The predicted molar refractivity (Wildman–Crippen MR) is 153 cm³/mol. The van der Waals surface area contributed by atoms with Gasteiger partial charge >= 0.3 is 6.18 Å². The number of ketones is 1. The summed E-state index contributed by atoms with van der Waals surface area (Å²) in [6.07, 6.45) is 0.701. The Bertz CT molecular complexity index is 1770. The molecule has 1 aliphatic rings. The van der Waals surface area contributed by atoms with Crippen molar-refractivity contribution in [3.8, 4) is 22.6 Å². The van der Waals surface area contributed by atoms with Crippen molar-refractivity contribution in [2.75, 3.05) is 6.61 Å². The third kappa shape index (κ3) is 6.28. The molecule has 9 nitrogen and oxygen atoms in total. The molecule has 1 unspecified atom stereocenters. The molecule has 0 amide bonds. The van der Waals surface area contributed by atoms with Gasteiger partial charge in [-0.05, 0) is 61.2 Å². The molecule has 226 valence electrons. The molecule has 0 aliphatic carbocycles. The van der Waals surface area contributed by atoms with Gasteiger partial charge in [-0.15, -0.1) is 5.10 Å². The van der Waals surface area contributed by atoms with Crippen LogP contribution in [0.2, 0.25) is 5.02 Å². The Morgan fingerprint density at radius 2 is 1.95 bits per heavy atom. The lowest BCUT2D eigenvalue weighted by Gasteiger charge is -2.22. The lowest BCUT2D eigenvalue weighted by atomic mass is 9.99. The number of alkyl halides is 3. The minimum Gasteiger partial charge on any atom is -0.355 e. The van der Waals surface area contributed by atoms with Crippen LogP contribution in [-0.4, -0.2) is 43.8 Å². The zero-order chi connectivity index (χ0) is 30.7. The summed E-state index contributed by atoms with van der Waals surface area (Å²) >= 11 is 6.49. The highest BCUT2D eigenvalue weighted by Crippen LogP contribution is 2.36. The highest BCUT2D eigenvalue weighted by molar-refractivity contribution is 6.33. The molecule has 1 saturated heterocycles. The van der Waals surface area contributed by atoms with E-state index >= 15 is 0 Å². The Morgan fingerprint density at radius 1 is 1.09 bits per heavy atom. The number of benzene rings is 2. The molecule has 0 saturated carbocycles. The molecule has 4 heterocycles. The van der Waals surface area contributed by atoms with Gasteiger partial charge in [0.05, 0.1) is 29.3 Å². The second-order valence-electron chi connectivity index (χ2n) is 10.1. The zero-order valence-corrected chi connectivity index (χ0v) is 23.9. The van der Waals surface area contributed by atoms with Crippen LogP contribution in [0.1, 0.15) is 52.1 Å². The first-order valence-corrected chi connectivity index (χ1v) is 14.2. The summed E-state index contributed by atoms with van der Waals surface area (Å²) in [4.78, 5) is 18.6. The molecule has 1 fully saturated rings. The number of aromatic nitrogens is 5. The molecule has 44 heavy (non-hydrogen) atoms. The van der Waals surface area contributed by atoms with Crippen LogP contribution in [0.15, 0.2) is 77.6 Å². The van der Waals surface area contributed by atoms with Gasteiger partial charge in [-0.25, -0.2) is 4.68 Å². The Morgan fingerprint density at radius 3 is 2.70 bits per heavy atom. The summed E-state index contributed by atoms with van der Waals surface area (Å²) in [5.74, 6) is -0.466. The van der Waals surface area contributed by atoms with Gasteiger partial charge in [-0.2, -0.15) is 13.2 Å². The van der Waals surface area contributed by atoms with Crippen LogP contribution in [0.4, 0.5) is 13.2 Å². The predicted octanol–water partition coefficient (Wildman–Crippen LogP) is 6.99. The third-order valence-corrected chi connectivity index (χ3v) is 7.45. The van der Waals surface area contributed by atoms with Gasteiger partial charge in [0.2, 0.25) is 5.78 Å². The Kier molecular flexibility index (Phi) is 8.56. The fourth-order valence-electron chi connectivity index (χ4n) is 5.00. The van der Waals surface area contributed by atoms with Crippen molar-refractivity contribution in [3.63, 3.8) is 0 Å². The lowest BCUT2D eigenvalue weighted by molar-refractivity contribution is -0.169. The van der Waals surface area contributed by atoms with Gasteiger partial charge in [0.25, 0.3) is 0 Å². The number of hydrogen-bond acceptors (Lipinski definition) is 8. The fraction of sp³-hybridized carbons (Fsp3) is 0.258. The summed E-state index contributed by atoms with van der Waals surface area (Å²) in [5, 5.41) is 12.9. The van der Waals surface area contributed by atoms with E-state index in [4.69, 9.17) is 25.6 Å². The van der Waals surface area contributed by atoms with Gasteiger partial charge in [-0.1, -0.05) is 46.2 Å². The van der Waals surface area contributed by atoms with Crippen molar-refractivity contribution < 1.29 is 32.0 Å². The molecule has 0 spiro atoms. The third-order valence-electron chi connectivity index (χ3n) is 7.12. The van der Waals surface area contributed by atoms with E-state index in [0.29, 0.717) is 34.7 Å². The van der Waals surface area contributed by atoms with Crippen LogP contribution in [0.25, 0.3) is 22.6 Å². The van der Waals surface area contributed by atoms with Crippen LogP contribution in [0, 0.1) is 0 Å². The van der Waals surface area contributed by atoms with E-state index in [1.807, 2.05) is 0 Å². The second-order valence-corrected chi connectivity index (χ2v) is 10.5. The number of pyridine rings is 1. The molecular weight excluding hydrogens is 599 g/mol. The van der Waals surface area contributed by atoms with Crippen LogP contribution >= 0.6 is 11.6 Å². The number of hydrogen-bond donors (Lipinski definition) is 0. The molecule has 1 aliphatic heterocycles. The zero-order valence-electron chi connectivity index (χ0n) is 23.1. The van der Waals surface area contributed by atoms with Crippen LogP contribution in [0.3, 0.4) is 0 Å². The first-order chi connectivity index (χ1) is 21.3. The standard InChI is InChI=1S/C31H25ClF3N5O4/c32-23-11-2-1-10-22(23)30-26(24(38-44-30)18-43-25-12-3-4-14-42-25)29(41)27-28(20-8-6-13-36-16-20)40(39-37-27)17-19-7-5-9-21(15-19)31(33,34)35/h1-2,5-11,13,15-16,25H,3-4,12,14,17-18H2. The van der Waals surface area contributed by atoms with Gasteiger partial charge in [0.15, 0.2) is 17.7 Å². The van der Waals surface area contributed by atoms with Gasteiger partial charge in [0.1, 0.15) is 11.4 Å². The molecule has 1 atom stereocenters. The van der Waals surface area contributed by atoms with Crippen molar-refractivity contribution in [3.05, 3.63) is 106 Å². The Balaban J connectivity index is 1.43. The smallest absolute Gasteiger partial charge is 0.355 e. The van der Waals surface area contributed by atoms with Crippen LogP contribution in [-0.2, 0) is 28.8 Å². The largest absolute Gasteiger partial charge is 0.416 e. The van der Waals surface area contributed by atoms with E-state index in [0.717, 1.165) is 25.0 Å². The maximum atomic E-state index is 14.4. The van der Waals surface area contributed by atoms with Gasteiger partial charge in [-0.3, -0.25) is 9.78 Å². The normalized spacial score (nSPS) is 15.4. The van der Waals surface area contributed by atoms with Gasteiger partial charge < -0.3 is 14.0 Å². The topological polar surface area (TPSA) is 105 Å². The second kappa shape index (κ2) is 12.7.